The highest BCUT2D eigenvalue weighted by atomic mass is 16.2. The van der Waals surface area contributed by atoms with Crippen LogP contribution in [0.2, 0.25) is 0 Å². The molecule has 0 aliphatic carbocycles. The van der Waals surface area contributed by atoms with Gasteiger partial charge >= 0.3 is 0 Å². The van der Waals surface area contributed by atoms with E-state index in [1.165, 1.54) is 0 Å². The van der Waals surface area contributed by atoms with Crippen LogP contribution in [0.3, 0.4) is 0 Å². The molecule has 1 aliphatic rings. The van der Waals surface area contributed by atoms with Crippen molar-refractivity contribution in [2.24, 2.45) is 13.0 Å². The van der Waals surface area contributed by atoms with Crippen molar-refractivity contribution in [3.8, 4) is 0 Å². The molecule has 2 aromatic rings. The standard InChI is InChI=1S/C19H26N6O2/c1-14-17(11-21-24(14)3)22-18(26)13-25-9-8-23(2)19(27)15(12-25)10-16-6-4-5-7-20-16/h4-7,11,15H,8-10,12-13H2,1-3H3,(H,22,26)/t15-/m1/s1. The molecule has 1 fully saturated rings. The fraction of sp³-hybridized carbons (Fsp3) is 0.474. The highest BCUT2D eigenvalue weighted by Crippen LogP contribution is 2.16. The second-order valence-electron chi connectivity index (χ2n) is 7.03. The first-order valence-corrected chi connectivity index (χ1v) is 9.09. The molecule has 27 heavy (non-hydrogen) atoms. The molecule has 0 radical (unpaired) electrons. The lowest BCUT2D eigenvalue weighted by molar-refractivity contribution is -0.133. The second-order valence-corrected chi connectivity index (χ2v) is 7.03. The van der Waals surface area contributed by atoms with Crippen molar-refractivity contribution in [3.05, 3.63) is 42.0 Å². The molecule has 2 aromatic heterocycles. The Morgan fingerprint density at radius 1 is 1.30 bits per heavy atom. The third-order valence-electron chi connectivity index (χ3n) is 5.01. The molecule has 8 heteroatoms. The highest BCUT2D eigenvalue weighted by molar-refractivity contribution is 5.92. The minimum Gasteiger partial charge on any atom is -0.344 e. The Balaban J connectivity index is 1.65. The van der Waals surface area contributed by atoms with E-state index < -0.39 is 0 Å². The maximum Gasteiger partial charge on any atom is 0.238 e. The SMILES string of the molecule is Cc1c(NC(=O)CN2CCN(C)C(=O)[C@H](Cc3ccccn3)C2)cnn1C. The van der Waals surface area contributed by atoms with Crippen molar-refractivity contribution in [1.82, 2.24) is 24.6 Å². The maximum atomic E-state index is 12.7. The molecule has 0 unspecified atom stereocenters. The summed E-state index contributed by atoms with van der Waals surface area (Å²) in [7, 11) is 3.65. The van der Waals surface area contributed by atoms with Gasteiger partial charge in [-0.1, -0.05) is 6.07 Å². The summed E-state index contributed by atoms with van der Waals surface area (Å²) >= 11 is 0. The number of hydrogen-bond acceptors (Lipinski definition) is 5. The first-order chi connectivity index (χ1) is 12.9. The fourth-order valence-electron chi connectivity index (χ4n) is 3.28. The summed E-state index contributed by atoms with van der Waals surface area (Å²) in [5.74, 6) is -0.202. The van der Waals surface area contributed by atoms with Gasteiger partial charge in [-0.15, -0.1) is 0 Å². The number of pyridine rings is 1. The van der Waals surface area contributed by atoms with E-state index in [4.69, 9.17) is 0 Å². The van der Waals surface area contributed by atoms with Gasteiger partial charge in [0.15, 0.2) is 0 Å². The van der Waals surface area contributed by atoms with Crippen LogP contribution in [0.15, 0.2) is 30.6 Å². The van der Waals surface area contributed by atoms with Crippen LogP contribution in [0.4, 0.5) is 5.69 Å². The molecule has 1 atom stereocenters. The number of aryl methyl sites for hydroxylation is 1. The molecule has 3 rings (SSSR count). The van der Waals surface area contributed by atoms with Gasteiger partial charge in [-0.05, 0) is 19.1 Å². The van der Waals surface area contributed by atoms with E-state index in [1.54, 1.807) is 22.0 Å². The Bertz CT molecular complexity index is 804. The van der Waals surface area contributed by atoms with Gasteiger partial charge in [0.1, 0.15) is 0 Å². The smallest absolute Gasteiger partial charge is 0.238 e. The average molecular weight is 370 g/mol. The molecule has 1 aliphatic heterocycles. The number of nitrogens with one attached hydrogen (secondary N) is 1. The summed E-state index contributed by atoms with van der Waals surface area (Å²) < 4.78 is 1.72. The summed E-state index contributed by atoms with van der Waals surface area (Å²) in [6.45, 7) is 3.97. The Labute approximate surface area is 159 Å². The Kier molecular flexibility index (Phi) is 5.85. The van der Waals surface area contributed by atoms with E-state index >= 15 is 0 Å². The zero-order valence-electron chi connectivity index (χ0n) is 16.1. The molecule has 0 spiro atoms. The average Bonchev–Trinajstić information content (AvgIpc) is 2.90. The van der Waals surface area contributed by atoms with E-state index in [2.05, 4.69) is 15.4 Å². The highest BCUT2D eigenvalue weighted by Gasteiger charge is 2.29. The second kappa shape index (κ2) is 8.30. The summed E-state index contributed by atoms with van der Waals surface area (Å²) in [5, 5.41) is 7.05. The van der Waals surface area contributed by atoms with Crippen molar-refractivity contribution in [2.45, 2.75) is 13.3 Å². The minimum absolute atomic E-state index is 0.0975. The van der Waals surface area contributed by atoms with Crippen molar-refractivity contribution >= 4 is 17.5 Å². The van der Waals surface area contributed by atoms with Gasteiger partial charge in [0, 0.05) is 52.0 Å². The van der Waals surface area contributed by atoms with Gasteiger partial charge in [0.2, 0.25) is 11.8 Å². The Morgan fingerprint density at radius 3 is 2.78 bits per heavy atom. The lowest BCUT2D eigenvalue weighted by Gasteiger charge is -2.22. The van der Waals surface area contributed by atoms with Gasteiger partial charge < -0.3 is 10.2 Å². The Hall–Kier alpha value is -2.74. The van der Waals surface area contributed by atoms with Crippen LogP contribution in [0.1, 0.15) is 11.4 Å². The molecule has 144 valence electrons. The number of likely N-dealkylation sites (N-methyl/N-ethyl adjacent to an activating group) is 1. The van der Waals surface area contributed by atoms with Crippen LogP contribution >= 0.6 is 0 Å². The predicted octanol–water partition coefficient (Wildman–Crippen LogP) is 0.695. The van der Waals surface area contributed by atoms with Gasteiger partial charge in [-0.25, -0.2) is 0 Å². The van der Waals surface area contributed by atoms with E-state index in [-0.39, 0.29) is 24.3 Å². The van der Waals surface area contributed by atoms with Gasteiger partial charge in [0.05, 0.1) is 30.0 Å². The van der Waals surface area contributed by atoms with Crippen LogP contribution in [-0.4, -0.2) is 69.6 Å². The molecule has 0 saturated carbocycles. The molecule has 8 nitrogen and oxygen atoms in total. The van der Waals surface area contributed by atoms with Crippen LogP contribution < -0.4 is 5.32 Å². The van der Waals surface area contributed by atoms with E-state index in [0.717, 1.165) is 17.1 Å². The lowest BCUT2D eigenvalue weighted by Crippen LogP contribution is -2.38. The number of rotatable bonds is 5. The number of carbonyl (C=O) groups is 2. The van der Waals surface area contributed by atoms with Crippen LogP contribution in [0.5, 0.6) is 0 Å². The normalized spacial score (nSPS) is 18.4. The third-order valence-corrected chi connectivity index (χ3v) is 5.01. The molecular formula is C19H26N6O2. The van der Waals surface area contributed by atoms with Crippen LogP contribution in [0, 0.1) is 12.8 Å². The molecule has 1 N–H and O–H groups in total. The summed E-state index contributed by atoms with van der Waals surface area (Å²) in [6.07, 6.45) is 3.96. The maximum absolute atomic E-state index is 12.7. The quantitative estimate of drug-likeness (QED) is 0.837. The molecule has 0 aromatic carbocycles. The number of hydrogen-bond donors (Lipinski definition) is 1. The minimum atomic E-state index is -0.208. The summed E-state index contributed by atoms with van der Waals surface area (Å²) in [6, 6.07) is 5.72. The number of carbonyl (C=O) groups excluding carboxylic acids is 2. The van der Waals surface area contributed by atoms with Crippen molar-refractivity contribution in [2.75, 3.05) is 38.5 Å². The molecule has 2 amide bonds. The van der Waals surface area contributed by atoms with E-state index in [0.29, 0.717) is 26.1 Å². The van der Waals surface area contributed by atoms with Crippen LogP contribution in [0.25, 0.3) is 0 Å². The van der Waals surface area contributed by atoms with Crippen molar-refractivity contribution in [3.63, 3.8) is 0 Å². The van der Waals surface area contributed by atoms with Crippen molar-refractivity contribution in [1.29, 1.82) is 0 Å². The predicted molar refractivity (Wildman–Crippen MR) is 102 cm³/mol. The van der Waals surface area contributed by atoms with Gasteiger partial charge in [0.25, 0.3) is 0 Å². The van der Waals surface area contributed by atoms with E-state index in [1.807, 2.05) is 44.1 Å². The van der Waals surface area contributed by atoms with Gasteiger partial charge in [-0.2, -0.15) is 5.10 Å². The fourth-order valence-corrected chi connectivity index (χ4v) is 3.28. The zero-order valence-corrected chi connectivity index (χ0v) is 16.1. The Morgan fingerprint density at radius 2 is 2.11 bits per heavy atom. The molecule has 3 heterocycles. The number of aromatic nitrogens is 3. The largest absolute Gasteiger partial charge is 0.344 e. The molecule has 1 saturated heterocycles. The lowest BCUT2D eigenvalue weighted by atomic mass is 10.0. The molecule has 0 bridgehead atoms. The molecular weight excluding hydrogens is 344 g/mol. The number of amides is 2. The van der Waals surface area contributed by atoms with Crippen molar-refractivity contribution < 1.29 is 9.59 Å². The zero-order chi connectivity index (χ0) is 19.4. The third kappa shape index (κ3) is 4.71. The summed E-state index contributed by atoms with van der Waals surface area (Å²) in [4.78, 5) is 33.3. The van der Waals surface area contributed by atoms with Gasteiger partial charge in [-0.3, -0.25) is 24.2 Å². The first kappa shape index (κ1) is 19.0. The monoisotopic (exact) mass is 370 g/mol. The topological polar surface area (TPSA) is 83.4 Å². The first-order valence-electron chi connectivity index (χ1n) is 9.09. The number of anilines is 1. The van der Waals surface area contributed by atoms with E-state index in [9.17, 15) is 9.59 Å². The summed E-state index contributed by atoms with van der Waals surface area (Å²) in [5.41, 5.74) is 2.51. The number of nitrogens with zero attached hydrogens (tertiary/aromatic N) is 5. The van der Waals surface area contributed by atoms with Crippen LogP contribution in [-0.2, 0) is 23.1 Å².